The van der Waals surface area contributed by atoms with Crippen LogP contribution in [0.1, 0.15) is 49.1 Å². The smallest absolute Gasteiger partial charge is 0.171 e. The minimum absolute atomic E-state index is 0.0345. The van der Waals surface area contributed by atoms with Gasteiger partial charge in [0.05, 0.1) is 18.8 Å². The van der Waals surface area contributed by atoms with Gasteiger partial charge in [-0.1, -0.05) is 24.3 Å². The molecule has 4 rings (SSSR count). The fraction of sp³-hybridized carbons (Fsp3) is 0.393. The molecule has 5 nitrogen and oxygen atoms in total. The van der Waals surface area contributed by atoms with Gasteiger partial charge in [-0.2, -0.15) is 5.10 Å². The van der Waals surface area contributed by atoms with Gasteiger partial charge >= 0.3 is 0 Å². The van der Waals surface area contributed by atoms with E-state index in [1.807, 2.05) is 19.1 Å². The fourth-order valence-electron chi connectivity index (χ4n) is 4.98. The van der Waals surface area contributed by atoms with Gasteiger partial charge in [-0.3, -0.25) is 9.58 Å². The van der Waals surface area contributed by atoms with Gasteiger partial charge in [-0.05, 0) is 67.7 Å². The Morgan fingerprint density at radius 3 is 2.46 bits per heavy atom. The summed E-state index contributed by atoms with van der Waals surface area (Å²) in [5.41, 5.74) is 1.53. The molecule has 0 fully saturated rings. The van der Waals surface area contributed by atoms with Crippen LogP contribution in [0.2, 0.25) is 0 Å². The minimum Gasteiger partial charge on any atom is -0.365 e. The molecule has 9 heteroatoms. The molecule has 3 aromatic rings. The second-order valence-electron chi connectivity index (χ2n) is 10.1. The monoisotopic (exact) mass is 517 g/mol. The number of hydrogen-bond acceptors (Lipinski definition) is 4. The topological polar surface area (TPSA) is 61.5 Å². The van der Waals surface area contributed by atoms with Crippen LogP contribution < -0.4 is 0 Å². The number of aliphatic hydroxyl groups is 2. The van der Waals surface area contributed by atoms with Gasteiger partial charge < -0.3 is 10.2 Å². The molecule has 2 heterocycles. The van der Waals surface area contributed by atoms with Gasteiger partial charge in [0, 0.05) is 29.9 Å². The van der Waals surface area contributed by atoms with Crippen LogP contribution in [0.4, 0.5) is 17.6 Å². The first-order chi connectivity index (χ1) is 17.5. The van der Waals surface area contributed by atoms with Crippen molar-refractivity contribution in [2.24, 2.45) is 0 Å². The molecule has 198 valence electrons. The standard InChI is InChI=1S/C28H31F4N3O2/c1-17-10-20-13-19(21-14-33-34(15-21)9-8-29)5-6-22(20)27(35(17)16-28(2,3)32)26-23(30)11-18(12-24(26)31)4-7-25(36)37/h4-7,11-15,17,25,27,36-37H,8-10,16H2,1-3H3/b7-4+. The molecule has 2 N–H and O–H groups in total. The number of nitrogens with zero attached hydrogens (tertiary/aromatic N) is 3. The Morgan fingerprint density at radius 2 is 1.84 bits per heavy atom. The first kappa shape index (κ1) is 27.0. The molecule has 0 spiro atoms. The second-order valence-corrected chi connectivity index (χ2v) is 10.1. The van der Waals surface area contributed by atoms with Crippen molar-refractivity contribution >= 4 is 6.08 Å². The third kappa shape index (κ3) is 6.11. The third-order valence-electron chi connectivity index (χ3n) is 6.53. The molecule has 1 aromatic heterocycles. The molecule has 1 aliphatic rings. The molecule has 0 saturated heterocycles. The van der Waals surface area contributed by atoms with Crippen LogP contribution in [0.15, 0.2) is 48.8 Å². The first-order valence-electron chi connectivity index (χ1n) is 12.2. The maximum atomic E-state index is 15.5. The lowest BCUT2D eigenvalue weighted by atomic mass is 9.82. The quantitative estimate of drug-likeness (QED) is 0.318. The second kappa shape index (κ2) is 10.8. The van der Waals surface area contributed by atoms with E-state index in [0.717, 1.165) is 34.9 Å². The number of rotatable bonds is 8. The Morgan fingerprint density at radius 1 is 1.14 bits per heavy atom. The summed E-state index contributed by atoms with van der Waals surface area (Å²) in [6, 6.07) is 6.74. The molecule has 0 amide bonds. The minimum atomic E-state index is -1.75. The summed E-state index contributed by atoms with van der Waals surface area (Å²) in [4.78, 5) is 1.79. The third-order valence-corrected chi connectivity index (χ3v) is 6.53. The lowest BCUT2D eigenvalue weighted by Crippen LogP contribution is -2.48. The Bertz CT molecular complexity index is 1260. The molecule has 2 atom stereocenters. The summed E-state index contributed by atoms with van der Waals surface area (Å²) in [6.45, 7) is 4.36. The number of hydrogen-bond donors (Lipinski definition) is 2. The van der Waals surface area contributed by atoms with E-state index in [0.29, 0.717) is 12.0 Å². The molecule has 1 aliphatic heterocycles. The summed E-state index contributed by atoms with van der Waals surface area (Å²) in [6.07, 6.45) is 4.41. The van der Waals surface area contributed by atoms with Crippen molar-refractivity contribution in [2.75, 3.05) is 13.2 Å². The number of alkyl halides is 2. The lowest BCUT2D eigenvalue weighted by Gasteiger charge is -2.44. The number of aliphatic hydroxyl groups excluding tert-OH is 1. The molecule has 37 heavy (non-hydrogen) atoms. The van der Waals surface area contributed by atoms with E-state index in [9.17, 15) is 8.78 Å². The van der Waals surface area contributed by atoms with Crippen LogP contribution in [0, 0.1) is 11.6 Å². The SMILES string of the molecule is CC1Cc2cc(-c3cnn(CCF)c3)ccc2C(c2c(F)cc(/C=C/C(O)O)cc2F)N1CC(C)(C)F. The Balaban J connectivity index is 1.82. The highest BCUT2D eigenvalue weighted by atomic mass is 19.1. The number of fused-ring (bicyclic) bond motifs is 1. The average Bonchev–Trinajstić information content (AvgIpc) is 3.27. The van der Waals surface area contributed by atoms with Crippen molar-refractivity contribution in [1.82, 2.24) is 14.7 Å². The maximum Gasteiger partial charge on any atom is 0.171 e. The molecule has 0 saturated carbocycles. The van der Waals surface area contributed by atoms with Crippen LogP contribution in [0.3, 0.4) is 0 Å². The van der Waals surface area contributed by atoms with Crippen LogP contribution in [-0.4, -0.2) is 56.1 Å². The van der Waals surface area contributed by atoms with E-state index in [4.69, 9.17) is 10.2 Å². The van der Waals surface area contributed by atoms with Crippen molar-refractivity contribution in [2.45, 2.75) is 57.8 Å². The summed E-state index contributed by atoms with van der Waals surface area (Å²) in [5.74, 6) is -1.62. The molecule has 0 aliphatic carbocycles. The van der Waals surface area contributed by atoms with Gasteiger partial charge in [-0.15, -0.1) is 0 Å². The zero-order valence-corrected chi connectivity index (χ0v) is 21.0. The first-order valence-corrected chi connectivity index (χ1v) is 12.2. The van der Waals surface area contributed by atoms with E-state index >= 15 is 8.78 Å². The summed E-state index contributed by atoms with van der Waals surface area (Å²) in [5, 5.41) is 22.3. The zero-order valence-electron chi connectivity index (χ0n) is 21.0. The number of benzene rings is 2. The van der Waals surface area contributed by atoms with Crippen LogP contribution in [0.5, 0.6) is 0 Å². The largest absolute Gasteiger partial charge is 0.365 e. The van der Waals surface area contributed by atoms with Gasteiger partial charge in [0.25, 0.3) is 0 Å². The normalized spacial score (nSPS) is 18.6. The summed E-state index contributed by atoms with van der Waals surface area (Å²) < 4.78 is 60.1. The Labute approximate surface area is 213 Å². The summed E-state index contributed by atoms with van der Waals surface area (Å²) >= 11 is 0. The van der Waals surface area contributed by atoms with Crippen LogP contribution in [-0.2, 0) is 13.0 Å². The molecule has 0 bridgehead atoms. The predicted octanol–water partition coefficient (Wildman–Crippen LogP) is 5.21. The Kier molecular flexibility index (Phi) is 7.87. The average molecular weight is 518 g/mol. The van der Waals surface area contributed by atoms with Crippen molar-refractivity contribution in [3.05, 3.63) is 82.7 Å². The van der Waals surface area contributed by atoms with Gasteiger partial charge in [-0.25, -0.2) is 17.6 Å². The Hall–Kier alpha value is -3.01. The lowest BCUT2D eigenvalue weighted by molar-refractivity contribution is 0.00303. The highest BCUT2D eigenvalue weighted by Gasteiger charge is 2.39. The van der Waals surface area contributed by atoms with E-state index in [2.05, 4.69) is 5.10 Å². The van der Waals surface area contributed by atoms with Crippen molar-refractivity contribution in [1.29, 1.82) is 0 Å². The molecule has 2 aromatic carbocycles. The molecular formula is C28H31F4N3O2. The van der Waals surface area contributed by atoms with Gasteiger partial charge in [0.2, 0.25) is 0 Å². The van der Waals surface area contributed by atoms with E-state index in [-0.39, 0.29) is 30.3 Å². The van der Waals surface area contributed by atoms with Crippen molar-refractivity contribution in [3.8, 4) is 11.1 Å². The van der Waals surface area contributed by atoms with Crippen LogP contribution in [0.25, 0.3) is 17.2 Å². The van der Waals surface area contributed by atoms with E-state index < -0.39 is 36.3 Å². The van der Waals surface area contributed by atoms with Crippen LogP contribution >= 0.6 is 0 Å². The van der Waals surface area contributed by atoms with E-state index in [1.54, 1.807) is 23.4 Å². The number of aromatic nitrogens is 2. The highest BCUT2D eigenvalue weighted by molar-refractivity contribution is 5.64. The maximum absolute atomic E-state index is 15.5. The fourth-order valence-corrected chi connectivity index (χ4v) is 4.98. The van der Waals surface area contributed by atoms with Gasteiger partial charge in [0.1, 0.15) is 24.0 Å². The zero-order chi connectivity index (χ0) is 26.9. The van der Waals surface area contributed by atoms with E-state index in [1.165, 1.54) is 24.6 Å². The number of halogens is 4. The molecule has 0 radical (unpaired) electrons. The highest BCUT2D eigenvalue weighted by Crippen LogP contribution is 2.42. The number of aryl methyl sites for hydroxylation is 1. The van der Waals surface area contributed by atoms with Gasteiger partial charge in [0.15, 0.2) is 6.29 Å². The van der Waals surface area contributed by atoms with Crippen molar-refractivity contribution in [3.63, 3.8) is 0 Å². The summed E-state index contributed by atoms with van der Waals surface area (Å²) in [7, 11) is 0. The van der Waals surface area contributed by atoms with Crippen molar-refractivity contribution < 1.29 is 27.8 Å². The predicted molar refractivity (Wildman–Crippen MR) is 134 cm³/mol. The molecular weight excluding hydrogens is 486 g/mol. The molecule has 2 unspecified atom stereocenters.